The van der Waals surface area contributed by atoms with Crippen molar-refractivity contribution in [2.45, 2.75) is 6.92 Å². The van der Waals surface area contributed by atoms with Crippen LogP contribution in [0.25, 0.3) is 10.9 Å². The van der Waals surface area contributed by atoms with Gasteiger partial charge in [0.2, 0.25) is 5.43 Å². The van der Waals surface area contributed by atoms with Gasteiger partial charge in [-0.25, -0.2) is 0 Å². The standard InChI is InChI=1S/C10H7N3O/c1-6-3-12-5-8-9(6)13-4-7(2-11)10(8)14/h3-5H,1H3,(H,13,14). The molecule has 0 aliphatic heterocycles. The molecule has 0 unspecified atom stereocenters. The molecule has 0 aromatic carbocycles. The molecule has 1 N–H and O–H groups in total. The highest BCUT2D eigenvalue weighted by atomic mass is 16.1. The first-order valence-electron chi connectivity index (χ1n) is 4.10. The molecule has 2 aromatic heterocycles. The van der Waals surface area contributed by atoms with E-state index in [0.717, 1.165) is 11.1 Å². The number of fused-ring (bicyclic) bond motifs is 1. The monoisotopic (exact) mass is 185 g/mol. The van der Waals surface area contributed by atoms with Gasteiger partial charge in [0.1, 0.15) is 11.6 Å². The van der Waals surface area contributed by atoms with E-state index in [0.29, 0.717) is 5.39 Å². The van der Waals surface area contributed by atoms with E-state index in [4.69, 9.17) is 5.26 Å². The van der Waals surface area contributed by atoms with E-state index in [-0.39, 0.29) is 11.0 Å². The number of nitrogens with zero attached hydrogens (tertiary/aromatic N) is 2. The Morgan fingerprint density at radius 2 is 2.29 bits per heavy atom. The van der Waals surface area contributed by atoms with Gasteiger partial charge in [-0.3, -0.25) is 9.78 Å². The lowest BCUT2D eigenvalue weighted by atomic mass is 10.1. The molecule has 2 aromatic rings. The van der Waals surface area contributed by atoms with Gasteiger partial charge >= 0.3 is 0 Å². The van der Waals surface area contributed by atoms with E-state index in [1.54, 1.807) is 6.20 Å². The summed E-state index contributed by atoms with van der Waals surface area (Å²) in [5.41, 5.74) is 1.48. The summed E-state index contributed by atoms with van der Waals surface area (Å²) in [6, 6.07) is 1.84. The van der Waals surface area contributed by atoms with Crippen LogP contribution in [0.3, 0.4) is 0 Å². The Morgan fingerprint density at radius 1 is 1.50 bits per heavy atom. The Labute approximate surface area is 79.8 Å². The summed E-state index contributed by atoms with van der Waals surface area (Å²) in [4.78, 5) is 18.5. The molecule has 2 rings (SSSR count). The van der Waals surface area contributed by atoms with Crippen LogP contribution >= 0.6 is 0 Å². The Hall–Kier alpha value is -2.15. The molecule has 0 saturated heterocycles. The Balaban J connectivity index is 3.00. The Morgan fingerprint density at radius 3 is 3.00 bits per heavy atom. The number of nitrogens with one attached hydrogen (secondary N) is 1. The first-order valence-corrected chi connectivity index (χ1v) is 4.10. The SMILES string of the molecule is Cc1cncc2c(=O)c(C#N)c[nH]c12. The highest BCUT2D eigenvalue weighted by Gasteiger charge is 2.05. The largest absolute Gasteiger partial charge is 0.359 e. The third kappa shape index (κ3) is 1.07. The number of rotatable bonds is 0. The number of H-pyrrole nitrogens is 1. The predicted molar refractivity (Wildman–Crippen MR) is 51.8 cm³/mol. The highest BCUT2D eigenvalue weighted by Crippen LogP contribution is 2.10. The van der Waals surface area contributed by atoms with Crippen LogP contribution in [0.1, 0.15) is 11.1 Å². The molecule has 2 heterocycles. The second-order valence-corrected chi connectivity index (χ2v) is 3.02. The van der Waals surface area contributed by atoms with Gasteiger partial charge in [0.05, 0.1) is 10.9 Å². The number of hydrogen-bond acceptors (Lipinski definition) is 3. The van der Waals surface area contributed by atoms with E-state index < -0.39 is 0 Å². The van der Waals surface area contributed by atoms with E-state index in [1.807, 2.05) is 13.0 Å². The summed E-state index contributed by atoms with van der Waals surface area (Å²) in [6.45, 7) is 1.86. The summed E-state index contributed by atoms with van der Waals surface area (Å²) in [7, 11) is 0. The van der Waals surface area contributed by atoms with Crippen LogP contribution in [0.2, 0.25) is 0 Å². The van der Waals surface area contributed by atoms with Crippen LogP contribution in [0.4, 0.5) is 0 Å². The van der Waals surface area contributed by atoms with Gasteiger partial charge in [0, 0.05) is 18.6 Å². The number of nitriles is 1. The van der Waals surface area contributed by atoms with Gasteiger partial charge in [-0.2, -0.15) is 5.26 Å². The molecule has 0 atom stereocenters. The summed E-state index contributed by atoms with van der Waals surface area (Å²) in [6.07, 6.45) is 4.57. The average Bonchev–Trinajstić information content (AvgIpc) is 2.20. The number of aryl methyl sites for hydroxylation is 1. The minimum atomic E-state index is -0.266. The first kappa shape index (κ1) is 8.45. The maximum Gasteiger partial charge on any atom is 0.208 e. The maximum absolute atomic E-state index is 11.6. The number of aromatic nitrogens is 2. The van der Waals surface area contributed by atoms with Crippen molar-refractivity contribution in [3.63, 3.8) is 0 Å². The molecular weight excluding hydrogens is 178 g/mol. The van der Waals surface area contributed by atoms with Crippen molar-refractivity contribution < 1.29 is 0 Å². The molecule has 0 aliphatic rings. The van der Waals surface area contributed by atoms with Crippen LogP contribution in [0.5, 0.6) is 0 Å². The summed E-state index contributed by atoms with van der Waals surface area (Å²) in [5.74, 6) is 0. The van der Waals surface area contributed by atoms with Gasteiger partial charge in [0.15, 0.2) is 0 Å². The summed E-state index contributed by atoms with van der Waals surface area (Å²) < 4.78 is 0. The van der Waals surface area contributed by atoms with Crippen LogP contribution < -0.4 is 5.43 Å². The van der Waals surface area contributed by atoms with Crippen LogP contribution in [-0.2, 0) is 0 Å². The van der Waals surface area contributed by atoms with Gasteiger partial charge in [-0.05, 0) is 12.5 Å². The normalized spacial score (nSPS) is 10.0. The topological polar surface area (TPSA) is 69.5 Å². The fraction of sp³-hybridized carbons (Fsp3) is 0.100. The van der Waals surface area contributed by atoms with Crippen molar-refractivity contribution in [1.29, 1.82) is 5.26 Å². The average molecular weight is 185 g/mol. The third-order valence-corrected chi connectivity index (χ3v) is 2.11. The second-order valence-electron chi connectivity index (χ2n) is 3.02. The van der Waals surface area contributed by atoms with Gasteiger partial charge in [-0.1, -0.05) is 0 Å². The molecule has 4 nitrogen and oxygen atoms in total. The second kappa shape index (κ2) is 2.96. The van der Waals surface area contributed by atoms with Crippen LogP contribution in [0.15, 0.2) is 23.4 Å². The number of aromatic amines is 1. The van der Waals surface area contributed by atoms with Crippen molar-refractivity contribution >= 4 is 10.9 Å². The van der Waals surface area contributed by atoms with Crippen LogP contribution in [0, 0.1) is 18.3 Å². The lowest BCUT2D eigenvalue weighted by Gasteiger charge is -1.99. The van der Waals surface area contributed by atoms with Crippen molar-refractivity contribution in [3.8, 4) is 6.07 Å². The van der Waals surface area contributed by atoms with Crippen LogP contribution in [-0.4, -0.2) is 9.97 Å². The van der Waals surface area contributed by atoms with Gasteiger partial charge in [0.25, 0.3) is 0 Å². The fourth-order valence-corrected chi connectivity index (χ4v) is 1.37. The summed E-state index contributed by atoms with van der Waals surface area (Å²) in [5, 5.41) is 9.12. The molecule has 0 bridgehead atoms. The smallest absolute Gasteiger partial charge is 0.208 e. The fourth-order valence-electron chi connectivity index (χ4n) is 1.37. The van der Waals surface area contributed by atoms with Crippen molar-refractivity contribution in [2.75, 3.05) is 0 Å². The third-order valence-electron chi connectivity index (χ3n) is 2.11. The maximum atomic E-state index is 11.6. The zero-order valence-corrected chi connectivity index (χ0v) is 7.53. The Bertz CT molecular complexity index is 592. The zero-order chi connectivity index (χ0) is 10.1. The highest BCUT2D eigenvalue weighted by molar-refractivity contribution is 5.81. The molecule has 0 amide bonds. The molecule has 0 saturated carbocycles. The number of pyridine rings is 2. The van der Waals surface area contributed by atoms with Crippen molar-refractivity contribution in [2.24, 2.45) is 0 Å². The predicted octanol–water partition coefficient (Wildman–Crippen LogP) is 1.10. The molecule has 68 valence electrons. The molecule has 0 fully saturated rings. The molecule has 14 heavy (non-hydrogen) atoms. The van der Waals surface area contributed by atoms with E-state index >= 15 is 0 Å². The molecule has 0 spiro atoms. The quantitative estimate of drug-likeness (QED) is 0.668. The molecule has 4 heteroatoms. The zero-order valence-electron chi connectivity index (χ0n) is 7.53. The minimum absolute atomic E-state index is 0.116. The van der Waals surface area contributed by atoms with E-state index in [1.165, 1.54) is 12.4 Å². The van der Waals surface area contributed by atoms with Crippen molar-refractivity contribution in [1.82, 2.24) is 9.97 Å². The molecular formula is C10H7N3O. The van der Waals surface area contributed by atoms with Gasteiger partial charge < -0.3 is 4.98 Å². The first-order chi connectivity index (χ1) is 6.74. The summed E-state index contributed by atoms with van der Waals surface area (Å²) >= 11 is 0. The molecule has 0 aliphatic carbocycles. The van der Waals surface area contributed by atoms with E-state index in [2.05, 4.69) is 9.97 Å². The Kier molecular flexibility index (Phi) is 1.79. The molecule has 0 radical (unpaired) electrons. The lowest BCUT2D eigenvalue weighted by Crippen LogP contribution is -2.08. The number of hydrogen-bond donors (Lipinski definition) is 1. The van der Waals surface area contributed by atoms with Gasteiger partial charge in [-0.15, -0.1) is 0 Å². The lowest BCUT2D eigenvalue weighted by molar-refractivity contribution is 1.25. The minimum Gasteiger partial charge on any atom is -0.359 e. The van der Waals surface area contributed by atoms with E-state index in [9.17, 15) is 4.79 Å². The van der Waals surface area contributed by atoms with Crippen molar-refractivity contribution in [3.05, 3.63) is 39.9 Å².